The first-order valence-corrected chi connectivity index (χ1v) is 13.7. The lowest BCUT2D eigenvalue weighted by molar-refractivity contribution is 0.670. The molecular formula is C38H23NO. The molecule has 2 nitrogen and oxygen atoms in total. The highest BCUT2D eigenvalue weighted by atomic mass is 16.3. The van der Waals surface area contributed by atoms with E-state index in [1.165, 1.54) is 54.1 Å². The molecule has 2 heteroatoms. The average molecular weight is 510 g/mol. The molecule has 2 heterocycles. The van der Waals surface area contributed by atoms with Crippen LogP contribution >= 0.6 is 0 Å². The summed E-state index contributed by atoms with van der Waals surface area (Å²) in [5.41, 5.74) is 7.70. The summed E-state index contributed by atoms with van der Waals surface area (Å²) in [6, 6.07) is 50.0. The van der Waals surface area contributed by atoms with Crippen molar-refractivity contribution in [3.05, 3.63) is 140 Å². The van der Waals surface area contributed by atoms with Crippen LogP contribution in [-0.2, 0) is 0 Å². The Bertz CT molecular complexity index is 2370. The third-order valence-electron chi connectivity index (χ3n) is 8.37. The van der Waals surface area contributed by atoms with E-state index >= 15 is 0 Å². The van der Waals surface area contributed by atoms with Crippen LogP contribution in [0.25, 0.3) is 82.1 Å². The number of nitrogens with zero attached hydrogens (tertiary/aromatic N) is 1. The lowest BCUT2D eigenvalue weighted by Crippen LogP contribution is -1.93. The van der Waals surface area contributed by atoms with E-state index < -0.39 is 0 Å². The van der Waals surface area contributed by atoms with Gasteiger partial charge in [-0.25, -0.2) is 0 Å². The first kappa shape index (κ1) is 21.6. The van der Waals surface area contributed by atoms with Crippen LogP contribution in [0.1, 0.15) is 0 Å². The Hall–Kier alpha value is -5.34. The summed E-state index contributed by atoms with van der Waals surface area (Å²) in [4.78, 5) is 0. The molecule has 0 spiro atoms. The largest absolute Gasteiger partial charge is 0.455 e. The standard InChI is InChI=1S/C38H23NO/c1-3-11-28-24(9-1)19-22-35-36(28)37-29-12-4-2-10-26(29)23-32(38(37)40-35)25-17-20-27(21-18-25)39-33-15-7-5-13-30(33)31-14-6-8-16-34(31)39/h1-23H. The number of hydrogen-bond acceptors (Lipinski definition) is 1. The maximum absolute atomic E-state index is 6.67. The maximum atomic E-state index is 6.67. The first-order chi connectivity index (χ1) is 19.8. The monoisotopic (exact) mass is 509 g/mol. The van der Waals surface area contributed by atoms with Gasteiger partial charge in [0.25, 0.3) is 0 Å². The van der Waals surface area contributed by atoms with Crippen molar-refractivity contribution in [3.8, 4) is 16.8 Å². The predicted octanol–water partition coefficient (Wildman–Crippen LogP) is 10.7. The van der Waals surface area contributed by atoms with E-state index in [1.54, 1.807) is 0 Å². The molecule has 2 aromatic heterocycles. The molecule has 0 radical (unpaired) electrons. The summed E-state index contributed by atoms with van der Waals surface area (Å²) >= 11 is 0. The predicted molar refractivity (Wildman–Crippen MR) is 169 cm³/mol. The van der Waals surface area contributed by atoms with E-state index in [2.05, 4.69) is 144 Å². The van der Waals surface area contributed by atoms with Crippen LogP contribution in [0.3, 0.4) is 0 Å². The molecule has 0 aliphatic heterocycles. The number of furan rings is 1. The van der Waals surface area contributed by atoms with Gasteiger partial charge in [0, 0.05) is 32.8 Å². The van der Waals surface area contributed by atoms with E-state index in [1.807, 2.05) is 0 Å². The SMILES string of the molecule is c1ccc2c(c1)ccc1oc3c(-c4ccc(-n5c6ccccc6c6ccccc65)cc4)cc4ccccc4c3c12. The van der Waals surface area contributed by atoms with Crippen LogP contribution in [0.4, 0.5) is 0 Å². The minimum atomic E-state index is 0.924. The Labute approximate surface area is 230 Å². The van der Waals surface area contributed by atoms with Crippen LogP contribution in [0.5, 0.6) is 0 Å². The van der Waals surface area contributed by atoms with Gasteiger partial charge in [0.15, 0.2) is 0 Å². The average Bonchev–Trinajstić information content (AvgIpc) is 3.58. The third-order valence-corrected chi connectivity index (χ3v) is 8.37. The van der Waals surface area contributed by atoms with Crippen molar-refractivity contribution >= 4 is 65.3 Å². The van der Waals surface area contributed by atoms with E-state index in [0.717, 1.165) is 28.0 Å². The number of para-hydroxylation sites is 2. The lowest BCUT2D eigenvalue weighted by Gasteiger charge is -2.11. The van der Waals surface area contributed by atoms with Gasteiger partial charge in [-0.15, -0.1) is 0 Å². The van der Waals surface area contributed by atoms with Crippen molar-refractivity contribution in [1.29, 1.82) is 0 Å². The molecule has 9 aromatic rings. The second-order valence-corrected chi connectivity index (χ2v) is 10.5. The molecule has 0 amide bonds. The summed E-state index contributed by atoms with van der Waals surface area (Å²) in [5.74, 6) is 0. The molecule has 0 aliphatic carbocycles. The van der Waals surface area contributed by atoms with E-state index in [4.69, 9.17) is 4.42 Å². The van der Waals surface area contributed by atoms with Gasteiger partial charge in [0.1, 0.15) is 11.2 Å². The van der Waals surface area contributed by atoms with Gasteiger partial charge in [-0.1, -0.05) is 103 Å². The highest BCUT2D eigenvalue weighted by Gasteiger charge is 2.18. The van der Waals surface area contributed by atoms with Crippen molar-refractivity contribution in [2.75, 3.05) is 0 Å². The van der Waals surface area contributed by atoms with Gasteiger partial charge in [-0.2, -0.15) is 0 Å². The maximum Gasteiger partial charge on any atom is 0.143 e. The molecule has 0 bridgehead atoms. The fourth-order valence-electron chi connectivity index (χ4n) is 6.59. The van der Waals surface area contributed by atoms with Gasteiger partial charge in [-0.3, -0.25) is 0 Å². The van der Waals surface area contributed by atoms with Gasteiger partial charge in [0.05, 0.1) is 11.0 Å². The zero-order chi connectivity index (χ0) is 26.2. The van der Waals surface area contributed by atoms with Crippen molar-refractivity contribution in [1.82, 2.24) is 4.57 Å². The van der Waals surface area contributed by atoms with Gasteiger partial charge >= 0.3 is 0 Å². The minimum absolute atomic E-state index is 0.924. The Balaban J connectivity index is 1.31. The Morgan fingerprint density at radius 3 is 1.73 bits per heavy atom. The van der Waals surface area contributed by atoms with Crippen LogP contribution in [0, 0.1) is 0 Å². The molecular weight excluding hydrogens is 486 g/mol. The molecule has 186 valence electrons. The number of fused-ring (bicyclic) bond motifs is 10. The van der Waals surface area contributed by atoms with Crippen molar-refractivity contribution in [2.45, 2.75) is 0 Å². The number of rotatable bonds is 2. The van der Waals surface area contributed by atoms with Gasteiger partial charge in [-0.05, 0) is 63.5 Å². The van der Waals surface area contributed by atoms with Crippen LogP contribution < -0.4 is 0 Å². The van der Waals surface area contributed by atoms with Gasteiger partial charge in [0.2, 0.25) is 0 Å². The minimum Gasteiger partial charge on any atom is -0.455 e. The molecule has 7 aromatic carbocycles. The van der Waals surface area contributed by atoms with Crippen molar-refractivity contribution in [3.63, 3.8) is 0 Å². The molecule has 0 saturated carbocycles. The second-order valence-electron chi connectivity index (χ2n) is 10.5. The Morgan fingerprint density at radius 1 is 0.450 bits per heavy atom. The summed E-state index contributed by atoms with van der Waals surface area (Å²) in [5, 5.41) is 9.80. The zero-order valence-electron chi connectivity index (χ0n) is 21.6. The quantitative estimate of drug-likeness (QED) is 0.227. The lowest BCUT2D eigenvalue weighted by atomic mass is 9.95. The first-order valence-electron chi connectivity index (χ1n) is 13.7. The second kappa shape index (κ2) is 8.08. The topological polar surface area (TPSA) is 18.1 Å². The number of aromatic nitrogens is 1. The van der Waals surface area contributed by atoms with E-state index in [0.29, 0.717) is 0 Å². The summed E-state index contributed by atoms with van der Waals surface area (Å²) < 4.78 is 9.03. The third kappa shape index (κ3) is 2.93. The fourth-order valence-corrected chi connectivity index (χ4v) is 6.59. The zero-order valence-corrected chi connectivity index (χ0v) is 21.6. The molecule has 0 atom stereocenters. The normalized spacial score (nSPS) is 12.0. The van der Waals surface area contributed by atoms with Crippen LogP contribution in [0.15, 0.2) is 144 Å². The van der Waals surface area contributed by atoms with Crippen molar-refractivity contribution in [2.24, 2.45) is 0 Å². The molecule has 40 heavy (non-hydrogen) atoms. The highest BCUT2D eigenvalue weighted by Crippen LogP contribution is 2.43. The smallest absolute Gasteiger partial charge is 0.143 e. The van der Waals surface area contributed by atoms with E-state index in [9.17, 15) is 0 Å². The molecule has 0 N–H and O–H groups in total. The summed E-state index contributed by atoms with van der Waals surface area (Å²) in [6.07, 6.45) is 0. The van der Waals surface area contributed by atoms with Gasteiger partial charge < -0.3 is 8.98 Å². The summed E-state index contributed by atoms with van der Waals surface area (Å²) in [7, 11) is 0. The van der Waals surface area contributed by atoms with Crippen LogP contribution in [-0.4, -0.2) is 4.57 Å². The Kier molecular flexibility index (Phi) is 4.36. The Morgan fingerprint density at radius 2 is 1.02 bits per heavy atom. The van der Waals surface area contributed by atoms with Crippen LogP contribution in [0.2, 0.25) is 0 Å². The molecule has 0 saturated heterocycles. The summed E-state index contributed by atoms with van der Waals surface area (Å²) in [6.45, 7) is 0. The molecule has 9 rings (SSSR count). The highest BCUT2D eigenvalue weighted by molar-refractivity contribution is 6.28. The number of hydrogen-bond donors (Lipinski definition) is 0. The number of benzene rings is 7. The molecule has 0 unspecified atom stereocenters. The fraction of sp³-hybridized carbons (Fsp3) is 0. The van der Waals surface area contributed by atoms with E-state index in [-0.39, 0.29) is 0 Å². The van der Waals surface area contributed by atoms with Crippen molar-refractivity contribution < 1.29 is 4.42 Å². The molecule has 0 fully saturated rings. The molecule has 0 aliphatic rings.